The van der Waals surface area contributed by atoms with Gasteiger partial charge in [0.1, 0.15) is 12.9 Å². The average Bonchev–Trinajstić information content (AvgIpc) is 2.61. The van der Waals surface area contributed by atoms with Gasteiger partial charge in [0.05, 0.1) is 12.7 Å². The lowest BCUT2D eigenvalue weighted by Gasteiger charge is -2.10. The van der Waals surface area contributed by atoms with E-state index in [9.17, 15) is 9.90 Å². The van der Waals surface area contributed by atoms with Crippen molar-refractivity contribution in [2.75, 3.05) is 26.0 Å². The van der Waals surface area contributed by atoms with Crippen LogP contribution in [0.2, 0.25) is 0 Å². The predicted octanol–water partition coefficient (Wildman–Crippen LogP) is -2.02. The van der Waals surface area contributed by atoms with E-state index in [0.29, 0.717) is 0 Å². The lowest BCUT2D eigenvalue weighted by Crippen LogP contribution is -2.36. The number of carbonyl (C=O) groups is 1. The van der Waals surface area contributed by atoms with Crippen LogP contribution in [0.15, 0.2) is 6.33 Å². The summed E-state index contributed by atoms with van der Waals surface area (Å²) in [5.41, 5.74) is 5.28. The summed E-state index contributed by atoms with van der Waals surface area (Å²) in [6.07, 6.45) is 0.648. The standard InChI is InChI=1S/C8H15N5O3/c1-16-4-6(14)2-10-7(15)3-13-5-11-8(9)12-13/h5-6,14H,2-4H2,1H3,(H2,9,12)(H,10,15). The molecule has 0 saturated carbocycles. The number of rotatable bonds is 6. The molecule has 4 N–H and O–H groups in total. The number of anilines is 1. The number of aromatic nitrogens is 3. The second kappa shape index (κ2) is 6.03. The quantitative estimate of drug-likeness (QED) is 0.519. The number of amides is 1. The summed E-state index contributed by atoms with van der Waals surface area (Å²) in [5, 5.41) is 15.5. The Morgan fingerprint density at radius 2 is 2.56 bits per heavy atom. The summed E-state index contributed by atoms with van der Waals surface area (Å²) in [7, 11) is 1.48. The summed E-state index contributed by atoms with van der Waals surface area (Å²) in [5.74, 6) is -0.160. The zero-order chi connectivity index (χ0) is 12.0. The maximum absolute atomic E-state index is 11.3. The van der Waals surface area contributed by atoms with Gasteiger partial charge >= 0.3 is 0 Å². The highest BCUT2D eigenvalue weighted by atomic mass is 16.5. The van der Waals surface area contributed by atoms with Crippen LogP contribution in [0.1, 0.15) is 0 Å². The third-order valence-electron chi connectivity index (χ3n) is 1.75. The van der Waals surface area contributed by atoms with Crippen LogP contribution in [-0.2, 0) is 16.1 Å². The van der Waals surface area contributed by atoms with Crippen molar-refractivity contribution in [2.24, 2.45) is 0 Å². The van der Waals surface area contributed by atoms with Crippen LogP contribution in [0.3, 0.4) is 0 Å². The third kappa shape index (κ3) is 4.24. The van der Waals surface area contributed by atoms with Gasteiger partial charge in [-0.2, -0.15) is 0 Å². The van der Waals surface area contributed by atoms with Crippen molar-refractivity contribution in [3.05, 3.63) is 6.33 Å². The molecule has 8 nitrogen and oxygen atoms in total. The van der Waals surface area contributed by atoms with Gasteiger partial charge in [0, 0.05) is 13.7 Å². The normalized spacial score (nSPS) is 12.4. The Bertz CT molecular complexity index is 340. The van der Waals surface area contributed by atoms with Gasteiger partial charge < -0.3 is 20.9 Å². The van der Waals surface area contributed by atoms with Gasteiger partial charge in [-0.15, -0.1) is 5.10 Å². The molecule has 0 fully saturated rings. The Labute approximate surface area is 92.4 Å². The van der Waals surface area contributed by atoms with Crippen LogP contribution in [0.5, 0.6) is 0 Å². The number of aliphatic hydroxyl groups is 1. The largest absolute Gasteiger partial charge is 0.389 e. The Balaban J connectivity index is 2.26. The van der Waals surface area contributed by atoms with Gasteiger partial charge in [0.2, 0.25) is 11.9 Å². The van der Waals surface area contributed by atoms with E-state index < -0.39 is 6.10 Å². The molecule has 8 heteroatoms. The number of hydrogen-bond acceptors (Lipinski definition) is 6. The topological polar surface area (TPSA) is 115 Å². The zero-order valence-electron chi connectivity index (χ0n) is 8.96. The van der Waals surface area contributed by atoms with Crippen molar-refractivity contribution < 1.29 is 14.6 Å². The summed E-state index contributed by atoms with van der Waals surface area (Å²) < 4.78 is 6.02. The molecule has 0 spiro atoms. The van der Waals surface area contributed by atoms with Crippen molar-refractivity contribution in [1.29, 1.82) is 0 Å². The van der Waals surface area contributed by atoms with Crippen LogP contribution in [0.4, 0.5) is 5.95 Å². The van der Waals surface area contributed by atoms with Crippen LogP contribution >= 0.6 is 0 Å². The molecule has 1 aromatic rings. The number of carbonyl (C=O) groups excluding carboxylic acids is 1. The molecule has 1 unspecified atom stereocenters. The van der Waals surface area contributed by atoms with Gasteiger partial charge in [0.25, 0.3) is 0 Å². The molecule has 0 aromatic carbocycles. The van der Waals surface area contributed by atoms with E-state index in [0.717, 1.165) is 0 Å². The first-order valence-corrected chi connectivity index (χ1v) is 4.70. The van der Waals surface area contributed by atoms with Crippen molar-refractivity contribution in [1.82, 2.24) is 20.1 Å². The number of aliphatic hydroxyl groups excluding tert-OH is 1. The monoisotopic (exact) mass is 229 g/mol. The van der Waals surface area contributed by atoms with E-state index in [-0.39, 0.29) is 31.6 Å². The molecule has 1 amide bonds. The zero-order valence-corrected chi connectivity index (χ0v) is 8.96. The molecule has 0 aliphatic rings. The number of nitrogens with two attached hydrogens (primary N) is 1. The summed E-state index contributed by atoms with van der Waals surface area (Å²) in [4.78, 5) is 15.0. The number of nitrogen functional groups attached to an aromatic ring is 1. The second-order valence-corrected chi connectivity index (χ2v) is 3.21. The minimum absolute atomic E-state index is 0.0178. The second-order valence-electron chi connectivity index (χ2n) is 3.21. The Morgan fingerprint density at radius 3 is 3.12 bits per heavy atom. The molecular weight excluding hydrogens is 214 g/mol. The van der Waals surface area contributed by atoms with Crippen molar-refractivity contribution >= 4 is 11.9 Å². The summed E-state index contributed by atoms with van der Waals surface area (Å²) in [6.45, 7) is 0.331. The van der Waals surface area contributed by atoms with Crippen molar-refractivity contribution in [3.63, 3.8) is 0 Å². The molecular formula is C8H15N5O3. The lowest BCUT2D eigenvalue weighted by atomic mass is 10.4. The lowest BCUT2D eigenvalue weighted by molar-refractivity contribution is -0.122. The highest BCUT2D eigenvalue weighted by Crippen LogP contribution is 1.89. The Morgan fingerprint density at radius 1 is 1.81 bits per heavy atom. The molecule has 1 aromatic heterocycles. The smallest absolute Gasteiger partial charge is 0.241 e. The van der Waals surface area contributed by atoms with E-state index in [1.165, 1.54) is 18.1 Å². The fraction of sp³-hybridized carbons (Fsp3) is 0.625. The van der Waals surface area contributed by atoms with E-state index in [2.05, 4.69) is 15.4 Å². The molecule has 0 aliphatic heterocycles. The molecule has 0 radical (unpaired) electrons. The van der Waals surface area contributed by atoms with Gasteiger partial charge in [-0.25, -0.2) is 9.67 Å². The van der Waals surface area contributed by atoms with Crippen molar-refractivity contribution in [3.8, 4) is 0 Å². The van der Waals surface area contributed by atoms with Gasteiger partial charge in [0.15, 0.2) is 0 Å². The fourth-order valence-electron chi connectivity index (χ4n) is 1.07. The maximum Gasteiger partial charge on any atom is 0.241 e. The molecule has 90 valence electrons. The van der Waals surface area contributed by atoms with E-state index in [1.54, 1.807) is 0 Å². The first-order valence-electron chi connectivity index (χ1n) is 4.70. The van der Waals surface area contributed by atoms with Crippen LogP contribution < -0.4 is 11.1 Å². The predicted molar refractivity (Wildman–Crippen MR) is 55.3 cm³/mol. The van der Waals surface area contributed by atoms with Gasteiger partial charge in [-0.1, -0.05) is 0 Å². The number of hydrogen-bond donors (Lipinski definition) is 3. The highest BCUT2D eigenvalue weighted by Gasteiger charge is 2.07. The molecule has 16 heavy (non-hydrogen) atoms. The van der Waals surface area contributed by atoms with E-state index >= 15 is 0 Å². The highest BCUT2D eigenvalue weighted by molar-refractivity contribution is 5.75. The average molecular weight is 229 g/mol. The van der Waals surface area contributed by atoms with Crippen LogP contribution in [0.25, 0.3) is 0 Å². The Kier molecular flexibility index (Phi) is 4.67. The maximum atomic E-state index is 11.3. The summed E-state index contributed by atoms with van der Waals surface area (Å²) in [6, 6.07) is 0. The van der Waals surface area contributed by atoms with Crippen LogP contribution in [0, 0.1) is 0 Å². The molecule has 0 saturated heterocycles. The minimum Gasteiger partial charge on any atom is -0.389 e. The number of methoxy groups -OCH3 is 1. The SMILES string of the molecule is COCC(O)CNC(=O)Cn1cnc(N)n1. The number of ether oxygens (including phenoxy) is 1. The van der Waals surface area contributed by atoms with Gasteiger partial charge in [-0.3, -0.25) is 4.79 Å². The van der Waals surface area contributed by atoms with Crippen LogP contribution in [-0.4, -0.2) is 52.1 Å². The number of nitrogens with zero attached hydrogens (tertiary/aromatic N) is 3. The molecule has 1 heterocycles. The van der Waals surface area contributed by atoms with Gasteiger partial charge in [-0.05, 0) is 0 Å². The molecule has 0 aliphatic carbocycles. The molecule has 1 rings (SSSR count). The first-order chi connectivity index (χ1) is 7.61. The van der Waals surface area contributed by atoms with Crippen molar-refractivity contribution in [2.45, 2.75) is 12.6 Å². The molecule has 1 atom stereocenters. The van der Waals surface area contributed by atoms with E-state index in [1.807, 2.05) is 0 Å². The summed E-state index contributed by atoms with van der Waals surface area (Å²) >= 11 is 0. The molecule has 0 bridgehead atoms. The third-order valence-corrected chi connectivity index (χ3v) is 1.75. The minimum atomic E-state index is -0.713. The fourth-order valence-corrected chi connectivity index (χ4v) is 1.07. The number of nitrogens with one attached hydrogen (secondary N) is 1. The van der Waals surface area contributed by atoms with E-state index in [4.69, 9.17) is 10.5 Å². The first kappa shape index (κ1) is 12.4. The Hall–Kier alpha value is -1.67.